The first kappa shape index (κ1) is 18.0. The molecule has 1 aliphatic rings. The van der Waals surface area contributed by atoms with Crippen molar-refractivity contribution >= 4 is 23.2 Å². The average Bonchev–Trinajstić information content (AvgIpc) is 3.09. The number of benzene rings is 2. The summed E-state index contributed by atoms with van der Waals surface area (Å²) in [6, 6.07) is 9.91. The van der Waals surface area contributed by atoms with Crippen LogP contribution in [0.1, 0.15) is 38.2 Å². The van der Waals surface area contributed by atoms with Gasteiger partial charge in [-0.25, -0.2) is 8.78 Å². The van der Waals surface area contributed by atoms with Crippen LogP contribution in [0.25, 0.3) is 0 Å². The van der Waals surface area contributed by atoms with E-state index in [4.69, 9.17) is 0 Å². The van der Waals surface area contributed by atoms with Crippen LogP contribution in [0, 0.1) is 11.6 Å². The molecule has 2 aromatic rings. The van der Waals surface area contributed by atoms with Crippen LogP contribution in [0.2, 0.25) is 0 Å². The standard InChI is InChI=1S/C20H20F2N2O2/c1-13(25)23-16-8-9-17(22)18(12-16)24-19(26)20(10-2-3-11-20)14-4-6-15(21)7-5-14/h4-9,12H,2-3,10-11H2,1H3,(H,23,25)(H,24,26). The van der Waals surface area contributed by atoms with Crippen molar-refractivity contribution < 1.29 is 18.4 Å². The van der Waals surface area contributed by atoms with E-state index in [0.29, 0.717) is 18.5 Å². The zero-order chi connectivity index (χ0) is 18.7. The predicted octanol–water partition coefficient (Wildman–Crippen LogP) is 4.37. The molecule has 1 saturated carbocycles. The Hall–Kier alpha value is -2.76. The van der Waals surface area contributed by atoms with Crippen molar-refractivity contribution in [2.45, 2.75) is 38.0 Å². The summed E-state index contributed by atoms with van der Waals surface area (Å²) in [5.41, 5.74) is 0.336. The minimum Gasteiger partial charge on any atom is -0.326 e. The Balaban J connectivity index is 1.90. The fraction of sp³-hybridized carbons (Fsp3) is 0.300. The third kappa shape index (κ3) is 3.59. The van der Waals surface area contributed by atoms with Gasteiger partial charge in [0.15, 0.2) is 0 Å². The van der Waals surface area contributed by atoms with Gasteiger partial charge in [0, 0.05) is 12.6 Å². The highest BCUT2D eigenvalue weighted by Gasteiger charge is 2.42. The average molecular weight is 358 g/mol. The second-order valence-corrected chi connectivity index (χ2v) is 6.63. The molecule has 2 aromatic carbocycles. The summed E-state index contributed by atoms with van der Waals surface area (Å²) >= 11 is 0. The third-order valence-corrected chi connectivity index (χ3v) is 4.82. The molecule has 0 heterocycles. The number of amides is 2. The van der Waals surface area contributed by atoms with Crippen LogP contribution in [0.5, 0.6) is 0 Å². The number of nitrogens with one attached hydrogen (secondary N) is 2. The lowest BCUT2D eigenvalue weighted by Gasteiger charge is -2.28. The van der Waals surface area contributed by atoms with Gasteiger partial charge >= 0.3 is 0 Å². The smallest absolute Gasteiger partial charge is 0.235 e. The first-order valence-corrected chi connectivity index (χ1v) is 8.55. The number of hydrogen-bond acceptors (Lipinski definition) is 2. The van der Waals surface area contributed by atoms with E-state index in [1.54, 1.807) is 12.1 Å². The molecule has 4 nitrogen and oxygen atoms in total. The minimum atomic E-state index is -0.801. The van der Waals surface area contributed by atoms with Crippen molar-refractivity contribution in [1.29, 1.82) is 0 Å². The maximum Gasteiger partial charge on any atom is 0.235 e. The minimum absolute atomic E-state index is 0.00892. The molecule has 0 atom stereocenters. The number of halogens is 2. The zero-order valence-electron chi connectivity index (χ0n) is 14.4. The number of hydrogen-bond donors (Lipinski definition) is 2. The highest BCUT2D eigenvalue weighted by molar-refractivity contribution is 6.00. The van der Waals surface area contributed by atoms with E-state index in [1.165, 1.54) is 37.3 Å². The Morgan fingerprint density at radius 2 is 1.62 bits per heavy atom. The van der Waals surface area contributed by atoms with E-state index in [-0.39, 0.29) is 23.3 Å². The highest BCUT2D eigenvalue weighted by Crippen LogP contribution is 2.42. The highest BCUT2D eigenvalue weighted by atomic mass is 19.1. The molecule has 3 rings (SSSR count). The second-order valence-electron chi connectivity index (χ2n) is 6.63. The molecule has 2 amide bonds. The summed E-state index contributed by atoms with van der Waals surface area (Å²) in [6.45, 7) is 1.35. The van der Waals surface area contributed by atoms with Gasteiger partial charge in [-0.3, -0.25) is 9.59 Å². The van der Waals surface area contributed by atoms with Crippen molar-refractivity contribution in [3.05, 3.63) is 59.7 Å². The lowest BCUT2D eigenvalue weighted by atomic mass is 9.78. The first-order chi connectivity index (χ1) is 12.4. The molecule has 0 radical (unpaired) electrons. The molecule has 0 saturated heterocycles. The lowest BCUT2D eigenvalue weighted by Crippen LogP contribution is -2.38. The van der Waals surface area contributed by atoms with E-state index < -0.39 is 11.2 Å². The van der Waals surface area contributed by atoms with Gasteiger partial charge in [0.2, 0.25) is 11.8 Å². The van der Waals surface area contributed by atoms with Crippen molar-refractivity contribution in [2.24, 2.45) is 0 Å². The Bertz CT molecular complexity index is 828. The summed E-state index contributed by atoms with van der Waals surface area (Å²) in [5.74, 6) is -1.55. The molecule has 26 heavy (non-hydrogen) atoms. The topological polar surface area (TPSA) is 58.2 Å². The molecule has 0 aromatic heterocycles. The van der Waals surface area contributed by atoms with Gasteiger partial charge in [0.1, 0.15) is 11.6 Å². The molecular formula is C20H20F2N2O2. The fourth-order valence-corrected chi connectivity index (χ4v) is 3.54. The van der Waals surface area contributed by atoms with E-state index in [2.05, 4.69) is 10.6 Å². The van der Waals surface area contributed by atoms with Gasteiger partial charge < -0.3 is 10.6 Å². The number of rotatable bonds is 4. The van der Waals surface area contributed by atoms with Crippen LogP contribution < -0.4 is 10.6 Å². The van der Waals surface area contributed by atoms with Gasteiger partial charge in [0.05, 0.1) is 11.1 Å². The normalized spacial score (nSPS) is 15.5. The first-order valence-electron chi connectivity index (χ1n) is 8.55. The molecule has 6 heteroatoms. The monoisotopic (exact) mass is 358 g/mol. The van der Waals surface area contributed by atoms with Crippen LogP contribution in [-0.2, 0) is 15.0 Å². The van der Waals surface area contributed by atoms with Crippen LogP contribution >= 0.6 is 0 Å². The van der Waals surface area contributed by atoms with E-state index in [1.807, 2.05) is 0 Å². The largest absolute Gasteiger partial charge is 0.326 e. The van der Waals surface area contributed by atoms with Crippen molar-refractivity contribution in [2.75, 3.05) is 10.6 Å². The Labute approximate surface area is 150 Å². The molecule has 1 aliphatic carbocycles. The van der Waals surface area contributed by atoms with Crippen LogP contribution in [0.4, 0.5) is 20.2 Å². The van der Waals surface area contributed by atoms with Crippen LogP contribution in [0.3, 0.4) is 0 Å². The van der Waals surface area contributed by atoms with Crippen molar-refractivity contribution in [1.82, 2.24) is 0 Å². The predicted molar refractivity (Wildman–Crippen MR) is 95.9 cm³/mol. The number of carbonyl (C=O) groups is 2. The summed E-state index contributed by atoms with van der Waals surface area (Å²) in [5, 5.41) is 5.22. The third-order valence-electron chi connectivity index (χ3n) is 4.82. The van der Waals surface area contributed by atoms with E-state index >= 15 is 0 Å². The molecule has 0 bridgehead atoms. The van der Waals surface area contributed by atoms with Crippen LogP contribution in [-0.4, -0.2) is 11.8 Å². The SMILES string of the molecule is CC(=O)Nc1ccc(F)c(NC(=O)C2(c3ccc(F)cc3)CCCC2)c1. The number of carbonyl (C=O) groups excluding carboxylic acids is 2. The Kier molecular flexibility index (Phi) is 5.02. The molecule has 0 spiro atoms. The van der Waals surface area contributed by atoms with Gasteiger partial charge in [-0.1, -0.05) is 25.0 Å². The summed E-state index contributed by atoms with van der Waals surface area (Å²) in [7, 11) is 0. The van der Waals surface area contributed by atoms with Crippen molar-refractivity contribution in [3.8, 4) is 0 Å². The zero-order valence-corrected chi connectivity index (χ0v) is 14.4. The molecular weight excluding hydrogens is 338 g/mol. The van der Waals surface area contributed by atoms with E-state index in [0.717, 1.165) is 18.4 Å². The maximum absolute atomic E-state index is 14.2. The Morgan fingerprint density at radius 3 is 2.23 bits per heavy atom. The molecule has 1 fully saturated rings. The molecule has 136 valence electrons. The molecule has 2 N–H and O–H groups in total. The summed E-state index contributed by atoms with van der Waals surface area (Å²) in [4.78, 5) is 24.2. The fourth-order valence-electron chi connectivity index (χ4n) is 3.54. The molecule has 0 unspecified atom stereocenters. The molecule has 0 aliphatic heterocycles. The van der Waals surface area contributed by atoms with Gasteiger partial charge in [-0.05, 0) is 48.7 Å². The maximum atomic E-state index is 14.2. The number of anilines is 2. The van der Waals surface area contributed by atoms with E-state index in [9.17, 15) is 18.4 Å². The summed E-state index contributed by atoms with van der Waals surface area (Å²) < 4.78 is 27.4. The van der Waals surface area contributed by atoms with Gasteiger partial charge in [-0.15, -0.1) is 0 Å². The van der Waals surface area contributed by atoms with Gasteiger partial charge in [-0.2, -0.15) is 0 Å². The lowest BCUT2D eigenvalue weighted by molar-refractivity contribution is -0.121. The van der Waals surface area contributed by atoms with Crippen molar-refractivity contribution in [3.63, 3.8) is 0 Å². The summed E-state index contributed by atoms with van der Waals surface area (Å²) in [6.07, 6.45) is 2.99. The van der Waals surface area contributed by atoms with Gasteiger partial charge in [0.25, 0.3) is 0 Å². The Morgan fingerprint density at radius 1 is 0.962 bits per heavy atom. The quantitative estimate of drug-likeness (QED) is 0.852. The van der Waals surface area contributed by atoms with Crippen LogP contribution in [0.15, 0.2) is 42.5 Å². The second kappa shape index (κ2) is 7.23.